The third kappa shape index (κ3) is 7.91. The van der Waals surface area contributed by atoms with Gasteiger partial charge in [0.05, 0.1) is 43.1 Å². The van der Waals surface area contributed by atoms with Crippen molar-refractivity contribution in [3.63, 3.8) is 0 Å². The molecule has 2 aromatic rings. The van der Waals surface area contributed by atoms with Crippen molar-refractivity contribution in [3.05, 3.63) is 74.8 Å². The van der Waals surface area contributed by atoms with E-state index in [9.17, 15) is 50.8 Å². The lowest BCUT2D eigenvalue weighted by Gasteiger charge is -2.26. The summed E-state index contributed by atoms with van der Waals surface area (Å²) < 4.78 is 88.1. The second-order valence-corrected chi connectivity index (χ2v) is 7.89. The summed E-state index contributed by atoms with van der Waals surface area (Å²) in [6, 6.07) is 3.51. The van der Waals surface area contributed by atoms with Crippen LogP contribution in [0, 0.1) is 10.1 Å². The number of hydrogen-bond donors (Lipinski definition) is 1. The fourth-order valence-electron chi connectivity index (χ4n) is 3.52. The van der Waals surface area contributed by atoms with E-state index in [1.807, 2.05) is 0 Å². The lowest BCUT2D eigenvalue weighted by Crippen LogP contribution is -2.46. The van der Waals surface area contributed by atoms with Crippen LogP contribution in [-0.4, -0.2) is 43.0 Å². The van der Waals surface area contributed by atoms with Crippen LogP contribution in [-0.2, 0) is 42.6 Å². The molecule has 0 aromatic heterocycles. The summed E-state index contributed by atoms with van der Waals surface area (Å²) in [5.41, 5.74) is -4.08. The topological polar surface area (TPSA) is 125 Å². The van der Waals surface area contributed by atoms with Crippen LogP contribution in [0.4, 0.5) is 32.0 Å². The Morgan fingerprint density at radius 3 is 1.87 bits per heavy atom. The molecule has 0 aliphatic heterocycles. The van der Waals surface area contributed by atoms with Crippen LogP contribution in [0.3, 0.4) is 0 Å². The Bertz CT molecular complexity index is 1160. The molecule has 0 bridgehead atoms. The molecule has 0 fully saturated rings. The maximum absolute atomic E-state index is 13.1. The summed E-state index contributed by atoms with van der Waals surface area (Å²) in [6.07, 6.45) is -11.8. The zero-order valence-electron chi connectivity index (χ0n) is 19.7. The van der Waals surface area contributed by atoms with Gasteiger partial charge in [0.1, 0.15) is 6.04 Å². The molecule has 0 spiro atoms. The van der Waals surface area contributed by atoms with Crippen molar-refractivity contribution in [2.24, 2.45) is 0 Å². The monoisotopic (exact) mass is 550 g/mol. The van der Waals surface area contributed by atoms with Crippen LogP contribution in [0.5, 0.6) is 0 Å². The molecule has 38 heavy (non-hydrogen) atoms. The molecule has 2 aromatic carbocycles. The highest BCUT2D eigenvalue weighted by Crippen LogP contribution is 2.36. The van der Waals surface area contributed by atoms with Crippen molar-refractivity contribution in [2.75, 3.05) is 14.2 Å². The first-order valence-electron chi connectivity index (χ1n) is 10.5. The lowest BCUT2D eigenvalue weighted by atomic mass is 9.88. The van der Waals surface area contributed by atoms with E-state index in [4.69, 9.17) is 0 Å². The van der Waals surface area contributed by atoms with Gasteiger partial charge in [-0.1, -0.05) is 12.1 Å². The minimum atomic E-state index is -5.14. The average molecular weight is 550 g/mol. The number of halogens is 6. The zero-order chi connectivity index (χ0) is 28.8. The quantitative estimate of drug-likeness (QED) is 0.215. The molecule has 206 valence electrons. The van der Waals surface area contributed by atoms with E-state index >= 15 is 0 Å². The van der Waals surface area contributed by atoms with Gasteiger partial charge < -0.3 is 14.8 Å². The van der Waals surface area contributed by atoms with E-state index in [2.05, 4.69) is 14.8 Å². The number of hydrogen-bond acceptors (Lipinski definition) is 7. The normalized spacial score (nSPS) is 13.3. The Hall–Kier alpha value is -4.17. The number of nitrogens with one attached hydrogen (secondary N) is 1. The summed E-state index contributed by atoms with van der Waals surface area (Å²) >= 11 is 0. The van der Waals surface area contributed by atoms with Crippen LogP contribution in [0.15, 0.2) is 42.5 Å². The minimum absolute atomic E-state index is 0.0976. The number of ether oxygens (including phenoxy) is 2. The zero-order valence-corrected chi connectivity index (χ0v) is 19.7. The number of benzene rings is 2. The first-order valence-corrected chi connectivity index (χ1v) is 10.5. The first kappa shape index (κ1) is 30.1. The van der Waals surface area contributed by atoms with E-state index < -0.39 is 76.6 Å². The van der Waals surface area contributed by atoms with Crippen molar-refractivity contribution in [2.45, 2.75) is 37.2 Å². The highest BCUT2D eigenvalue weighted by molar-refractivity contribution is 5.87. The smallest absolute Gasteiger partial charge is 0.416 e. The predicted molar refractivity (Wildman–Crippen MR) is 117 cm³/mol. The molecule has 0 saturated heterocycles. The molecule has 9 nitrogen and oxygen atoms in total. The molecular formula is C23H20F6N2O7. The van der Waals surface area contributed by atoms with Gasteiger partial charge >= 0.3 is 24.3 Å². The number of rotatable bonds is 9. The molecule has 0 aliphatic rings. The number of alkyl halides is 6. The Morgan fingerprint density at radius 1 is 0.921 bits per heavy atom. The Kier molecular flexibility index (Phi) is 9.43. The van der Waals surface area contributed by atoms with Crippen molar-refractivity contribution in [1.29, 1.82) is 0 Å². The first-order chi connectivity index (χ1) is 17.6. The molecule has 0 heterocycles. The number of esters is 2. The van der Waals surface area contributed by atoms with Gasteiger partial charge in [-0.3, -0.25) is 19.7 Å². The van der Waals surface area contributed by atoms with E-state index in [-0.39, 0.29) is 17.3 Å². The maximum atomic E-state index is 13.1. The second kappa shape index (κ2) is 11.9. The lowest BCUT2D eigenvalue weighted by molar-refractivity contribution is -0.384. The second-order valence-electron chi connectivity index (χ2n) is 7.89. The average Bonchev–Trinajstić information content (AvgIpc) is 2.84. The fourth-order valence-corrected chi connectivity index (χ4v) is 3.52. The Morgan fingerprint density at radius 2 is 1.45 bits per heavy atom. The molecular weight excluding hydrogens is 530 g/mol. The Labute approximate surface area is 210 Å². The Balaban J connectivity index is 2.44. The number of amides is 1. The van der Waals surface area contributed by atoms with Gasteiger partial charge in [-0.05, 0) is 29.3 Å². The van der Waals surface area contributed by atoms with Gasteiger partial charge in [0.2, 0.25) is 5.91 Å². The summed E-state index contributed by atoms with van der Waals surface area (Å²) in [6.45, 7) is 0. The van der Waals surface area contributed by atoms with Crippen molar-refractivity contribution in [3.8, 4) is 0 Å². The summed E-state index contributed by atoms with van der Waals surface area (Å²) in [7, 11) is 1.97. The number of nitro groups is 1. The molecule has 1 amide bonds. The van der Waals surface area contributed by atoms with Crippen molar-refractivity contribution >= 4 is 23.5 Å². The van der Waals surface area contributed by atoms with Gasteiger partial charge in [0.15, 0.2) is 0 Å². The van der Waals surface area contributed by atoms with E-state index in [1.54, 1.807) is 0 Å². The van der Waals surface area contributed by atoms with Crippen molar-refractivity contribution in [1.82, 2.24) is 5.32 Å². The summed E-state index contributed by atoms with van der Waals surface area (Å²) in [5, 5.41) is 13.1. The standard InChI is InChI=1S/C23H20F6N2O7/c1-37-19(33)11-17(13-3-5-16(6-4-13)31(35)36)20(21(34)38-2)30-18(32)9-12-7-14(22(24,25)26)10-15(8-12)23(27,28)29/h3-8,10,17,20H,9,11H2,1-2H3,(H,30,32)/t17-,20+/m0/s1. The third-order valence-corrected chi connectivity index (χ3v) is 5.33. The van der Waals surface area contributed by atoms with Crippen LogP contribution >= 0.6 is 0 Å². The van der Waals surface area contributed by atoms with Crippen LogP contribution < -0.4 is 5.32 Å². The fraction of sp³-hybridized carbons (Fsp3) is 0.348. The summed E-state index contributed by atoms with van der Waals surface area (Å²) in [5.74, 6) is -4.36. The molecule has 0 aliphatic carbocycles. The number of non-ortho nitro benzene ring substituents is 1. The third-order valence-electron chi connectivity index (χ3n) is 5.33. The number of nitrogens with zero attached hydrogens (tertiary/aromatic N) is 1. The number of carbonyl (C=O) groups is 3. The highest BCUT2D eigenvalue weighted by Gasteiger charge is 2.38. The molecule has 15 heteroatoms. The molecule has 2 atom stereocenters. The van der Waals surface area contributed by atoms with Gasteiger partial charge in [0.25, 0.3) is 5.69 Å². The van der Waals surface area contributed by atoms with Gasteiger partial charge in [-0.15, -0.1) is 0 Å². The van der Waals surface area contributed by atoms with Crippen molar-refractivity contribution < 1.29 is 55.1 Å². The molecule has 0 radical (unpaired) electrons. The summed E-state index contributed by atoms with van der Waals surface area (Å²) in [4.78, 5) is 47.5. The number of nitro benzene ring substituents is 1. The molecule has 0 saturated carbocycles. The highest BCUT2D eigenvalue weighted by atomic mass is 19.4. The molecule has 1 N–H and O–H groups in total. The van der Waals surface area contributed by atoms with Crippen LogP contribution in [0.25, 0.3) is 0 Å². The van der Waals surface area contributed by atoms with Gasteiger partial charge in [-0.2, -0.15) is 26.3 Å². The minimum Gasteiger partial charge on any atom is -0.469 e. The SMILES string of the molecule is COC(=O)C[C@@H](c1ccc([N+](=O)[O-])cc1)[C@@H](NC(=O)Cc1cc(C(F)(F)F)cc(C(F)(F)F)c1)C(=O)OC. The van der Waals surface area contributed by atoms with Crippen LogP contribution in [0.2, 0.25) is 0 Å². The number of carbonyl (C=O) groups excluding carboxylic acids is 3. The van der Waals surface area contributed by atoms with E-state index in [1.165, 1.54) is 12.1 Å². The maximum Gasteiger partial charge on any atom is 0.416 e. The molecule has 2 rings (SSSR count). The van der Waals surface area contributed by atoms with Gasteiger partial charge in [-0.25, -0.2) is 4.79 Å². The predicted octanol–water partition coefficient (Wildman–Crippen LogP) is 4.18. The largest absolute Gasteiger partial charge is 0.469 e. The number of methoxy groups -OCH3 is 2. The van der Waals surface area contributed by atoms with Crippen LogP contribution in [0.1, 0.15) is 34.6 Å². The van der Waals surface area contributed by atoms with Gasteiger partial charge in [0, 0.05) is 18.1 Å². The van der Waals surface area contributed by atoms with E-state index in [0.29, 0.717) is 12.1 Å². The van der Waals surface area contributed by atoms with E-state index in [0.717, 1.165) is 26.4 Å². The molecule has 0 unspecified atom stereocenters.